The van der Waals surface area contributed by atoms with Gasteiger partial charge in [0, 0.05) is 12.4 Å². The van der Waals surface area contributed by atoms with E-state index in [-0.39, 0.29) is 12.2 Å². The molecule has 4 rings (SSSR count). The van der Waals surface area contributed by atoms with Gasteiger partial charge in [0.1, 0.15) is 0 Å². The van der Waals surface area contributed by atoms with Gasteiger partial charge in [0.2, 0.25) is 0 Å². The SMILES string of the molecule is CCOC(=O)C1=C(C)N=c2s/c(=C\c3ccncc3)c(=O)n2[C@@H]1c1ccc(OC)c(OCC)c1. The number of methoxy groups -OCH3 is 1. The highest BCUT2D eigenvalue weighted by Crippen LogP contribution is 2.36. The van der Waals surface area contributed by atoms with Gasteiger partial charge in [-0.25, -0.2) is 9.79 Å². The van der Waals surface area contributed by atoms with Crippen molar-refractivity contribution in [2.75, 3.05) is 20.3 Å². The molecule has 34 heavy (non-hydrogen) atoms. The minimum Gasteiger partial charge on any atom is -0.493 e. The van der Waals surface area contributed by atoms with Gasteiger partial charge in [0.05, 0.1) is 42.2 Å². The number of carbonyl (C=O) groups is 1. The number of hydrogen-bond acceptors (Lipinski definition) is 8. The second-order valence-electron chi connectivity index (χ2n) is 7.43. The fourth-order valence-electron chi connectivity index (χ4n) is 3.85. The van der Waals surface area contributed by atoms with Gasteiger partial charge in [-0.2, -0.15) is 0 Å². The first kappa shape index (κ1) is 23.4. The molecule has 1 aromatic carbocycles. The number of benzene rings is 1. The van der Waals surface area contributed by atoms with E-state index in [9.17, 15) is 9.59 Å². The number of fused-ring (bicyclic) bond motifs is 1. The van der Waals surface area contributed by atoms with Crippen LogP contribution in [0.25, 0.3) is 6.08 Å². The van der Waals surface area contributed by atoms with Gasteiger partial charge in [-0.05, 0) is 62.2 Å². The van der Waals surface area contributed by atoms with E-state index in [0.717, 1.165) is 5.56 Å². The summed E-state index contributed by atoms with van der Waals surface area (Å²) >= 11 is 1.27. The lowest BCUT2D eigenvalue weighted by atomic mass is 9.95. The highest BCUT2D eigenvalue weighted by Gasteiger charge is 2.33. The molecule has 0 unspecified atom stereocenters. The molecule has 0 radical (unpaired) electrons. The van der Waals surface area contributed by atoms with E-state index in [4.69, 9.17) is 14.2 Å². The molecule has 0 spiro atoms. The third-order valence-corrected chi connectivity index (χ3v) is 6.31. The molecule has 1 aliphatic rings. The number of ether oxygens (including phenoxy) is 3. The van der Waals surface area contributed by atoms with Gasteiger partial charge < -0.3 is 14.2 Å². The summed E-state index contributed by atoms with van der Waals surface area (Å²) in [6.07, 6.45) is 5.13. The molecule has 9 heteroatoms. The number of thiazole rings is 1. The summed E-state index contributed by atoms with van der Waals surface area (Å²) in [5, 5.41) is 0. The van der Waals surface area contributed by atoms with E-state index in [2.05, 4.69) is 9.98 Å². The van der Waals surface area contributed by atoms with Gasteiger partial charge in [-0.3, -0.25) is 14.3 Å². The Bertz CT molecular complexity index is 1420. The van der Waals surface area contributed by atoms with Crippen LogP contribution in [-0.2, 0) is 9.53 Å². The largest absolute Gasteiger partial charge is 0.493 e. The molecule has 3 aromatic rings. The fourth-order valence-corrected chi connectivity index (χ4v) is 4.90. The molecule has 0 fully saturated rings. The van der Waals surface area contributed by atoms with Crippen LogP contribution in [0.2, 0.25) is 0 Å². The van der Waals surface area contributed by atoms with Crippen LogP contribution in [0.4, 0.5) is 0 Å². The maximum Gasteiger partial charge on any atom is 0.338 e. The maximum absolute atomic E-state index is 13.6. The van der Waals surface area contributed by atoms with Crippen LogP contribution in [0.15, 0.2) is 63.8 Å². The Morgan fingerprint density at radius 1 is 1.15 bits per heavy atom. The van der Waals surface area contributed by atoms with Gasteiger partial charge >= 0.3 is 5.97 Å². The number of aromatic nitrogens is 2. The van der Waals surface area contributed by atoms with Gasteiger partial charge in [-0.1, -0.05) is 17.4 Å². The molecular weight excluding hydrogens is 454 g/mol. The summed E-state index contributed by atoms with van der Waals surface area (Å²) < 4.78 is 18.6. The molecule has 2 aromatic heterocycles. The number of allylic oxidation sites excluding steroid dienone is 1. The maximum atomic E-state index is 13.6. The second-order valence-corrected chi connectivity index (χ2v) is 8.44. The Labute approximate surface area is 200 Å². The van der Waals surface area contributed by atoms with Crippen molar-refractivity contribution in [3.63, 3.8) is 0 Å². The predicted octanol–water partition coefficient (Wildman–Crippen LogP) is 2.60. The topological polar surface area (TPSA) is 92.0 Å². The van der Waals surface area contributed by atoms with Crippen LogP contribution in [-0.4, -0.2) is 35.8 Å². The van der Waals surface area contributed by atoms with Crippen LogP contribution in [0.5, 0.6) is 11.5 Å². The first-order valence-electron chi connectivity index (χ1n) is 10.9. The van der Waals surface area contributed by atoms with Crippen LogP contribution < -0.4 is 24.4 Å². The molecule has 1 aliphatic heterocycles. The van der Waals surface area contributed by atoms with Crippen LogP contribution in [0.3, 0.4) is 0 Å². The highest BCUT2D eigenvalue weighted by molar-refractivity contribution is 7.07. The van der Waals surface area contributed by atoms with Gasteiger partial charge in [0.25, 0.3) is 5.56 Å². The zero-order valence-electron chi connectivity index (χ0n) is 19.4. The highest BCUT2D eigenvalue weighted by atomic mass is 32.1. The number of esters is 1. The Morgan fingerprint density at radius 3 is 2.59 bits per heavy atom. The van der Waals surface area contributed by atoms with Crippen LogP contribution in [0, 0.1) is 0 Å². The average Bonchev–Trinajstić information content (AvgIpc) is 3.13. The minimum atomic E-state index is -0.722. The summed E-state index contributed by atoms with van der Waals surface area (Å²) in [6, 6.07) is 8.31. The second kappa shape index (κ2) is 10.0. The molecule has 0 bridgehead atoms. The van der Waals surface area contributed by atoms with E-state index < -0.39 is 12.0 Å². The molecular formula is C25H25N3O5S. The van der Waals surface area contributed by atoms with Crippen LogP contribution in [0.1, 0.15) is 37.9 Å². The normalized spacial score (nSPS) is 15.5. The van der Waals surface area contributed by atoms with E-state index in [1.54, 1.807) is 56.1 Å². The van der Waals surface area contributed by atoms with E-state index in [0.29, 0.717) is 44.3 Å². The first-order valence-corrected chi connectivity index (χ1v) is 11.7. The quantitative estimate of drug-likeness (QED) is 0.484. The molecule has 1 atom stereocenters. The molecule has 176 valence electrons. The molecule has 3 heterocycles. The van der Waals surface area contributed by atoms with Gasteiger partial charge in [-0.15, -0.1) is 0 Å². The molecule has 0 amide bonds. The monoisotopic (exact) mass is 479 g/mol. The van der Waals surface area contributed by atoms with E-state index in [1.807, 2.05) is 25.1 Å². The lowest BCUT2D eigenvalue weighted by Gasteiger charge is -2.25. The Morgan fingerprint density at radius 2 is 1.91 bits per heavy atom. The third-order valence-electron chi connectivity index (χ3n) is 5.32. The number of pyridine rings is 1. The van der Waals surface area contributed by atoms with Crippen molar-refractivity contribution in [3.05, 3.63) is 84.8 Å². The van der Waals surface area contributed by atoms with Gasteiger partial charge in [0.15, 0.2) is 16.3 Å². The first-order chi connectivity index (χ1) is 16.5. The zero-order chi connectivity index (χ0) is 24.2. The number of nitrogens with zero attached hydrogens (tertiary/aromatic N) is 3. The summed E-state index contributed by atoms with van der Waals surface area (Å²) in [5.41, 5.74) is 2.12. The number of carbonyl (C=O) groups excluding carboxylic acids is 1. The van der Waals surface area contributed by atoms with Crippen molar-refractivity contribution in [1.82, 2.24) is 9.55 Å². The minimum absolute atomic E-state index is 0.210. The molecule has 0 N–H and O–H groups in total. The standard InChI is InChI=1S/C25H25N3O5S/c1-5-32-19-14-17(7-8-18(19)31-4)22-21(24(30)33-6-2)15(3)27-25-28(22)23(29)20(34-25)13-16-9-11-26-12-10-16/h7-14,22H,5-6H2,1-4H3/b20-13-/t22-/m1/s1. The Kier molecular flexibility index (Phi) is 6.93. The molecule has 0 aliphatic carbocycles. The smallest absolute Gasteiger partial charge is 0.338 e. The third kappa shape index (κ3) is 4.38. The Hall–Kier alpha value is -3.72. The predicted molar refractivity (Wildman–Crippen MR) is 129 cm³/mol. The van der Waals surface area contributed by atoms with E-state index >= 15 is 0 Å². The fraction of sp³-hybridized carbons (Fsp3) is 0.280. The zero-order valence-corrected chi connectivity index (χ0v) is 20.2. The van der Waals surface area contributed by atoms with Crippen LogP contribution >= 0.6 is 11.3 Å². The van der Waals surface area contributed by atoms with Crippen molar-refractivity contribution in [3.8, 4) is 11.5 Å². The van der Waals surface area contributed by atoms with Crippen molar-refractivity contribution in [1.29, 1.82) is 0 Å². The molecule has 0 saturated carbocycles. The molecule has 0 saturated heterocycles. The Balaban J connectivity index is 1.97. The van der Waals surface area contributed by atoms with Crippen molar-refractivity contribution in [2.45, 2.75) is 26.8 Å². The lowest BCUT2D eigenvalue weighted by Crippen LogP contribution is -2.40. The summed E-state index contributed by atoms with van der Waals surface area (Å²) in [4.78, 5) is 35.8. The van der Waals surface area contributed by atoms with Crippen molar-refractivity contribution >= 4 is 23.4 Å². The van der Waals surface area contributed by atoms with Crippen molar-refractivity contribution in [2.24, 2.45) is 4.99 Å². The number of hydrogen-bond donors (Lipinski definition) is 0. The summed E-state index contributed by atoms with van der Waals surface area (Å²) in [5.74, 6) is 0.583. The van der Waals surface area contributed by atoms with E-state index in [1.165, 1.54) is 11.3 Å². The number of rotatable bonds is 7. The molecule has 8 nitrogen and oxygen atoms in total. The average molecular weight is 480 g/mol. The van der Waals surface area contributed by atoms with Crippen molar-refractivity contribution < 1.29 is 19.0 Å². The summed E-state index contributed by atoms with van der Waals surface area (Å²) in [7, 11) is 1.56. The lowest BCUT2D eigenvalue weighted by molar-refractivity contribution is -0.139. The summed E-state index contributed by atoms with van der Waals surface area (Å²) in [6.45, 7) is 6.03.